The van der Waals surface area contributed by atoms with Crippen LogP contribution >= 0.6 is 0 Å². The van der Waals surface area contributed by atoms with E-state index in [0.717, 1.165) is 0 Å². The summed E-state index contributed by atoms with van der Waals surface area (Å²) in [5, 5.41) is 17.1. The van der Waals surface area contributed by atoms with Gasteiger partial charge in [0.2, 0.25) is 0 Å². The van der Waals surface area contributed by atoms with Crippen LogP contribution in [0.1, 0.15) is 60.1 Å². The van der Waals surface area contributed by atoms with Gasteiger partial charge in [0.25, 0.3) is 11.6 Å². The number of benzene rings is 1. The van der Waals surface area contributed by atoms with Crippen molar-refractivity contribution in [2.45, 2.75) is 39.7 Å². The smallest absolute Gasteiger partial charge is 0.269 e. The number of hydrogen-bond donors (Lipinski definition) is 1. The molecule has 0 radical (unpaired) electrons. The van der Waals surface area contributed by atoms with E-state index in [1.165, 1.54) is 30.5 Å². The van der Waals surface area contributed by atoms with Crippen LogP contribution in [0.4, 0.5) is 5.69 Å². The molecule has 1 unspecified atom stereocenters. The van der Waals surface area contributed by atoms with Crippen LogP contribution in [0.25, 0.3) is 0 Å². The molecule has 1 N–H and O–H groups in total. The molecule has 26 heavy (non-hydrogen) atoms. The lowest BCUT2D eigenvalue weighted by atomic mass is 9.94. The molecule has 0 aliphatic heterocycles. The Kier molecular flexibility index (Phi) is 5.86. The quantitative estimate of drug-likeness (QED) is 0.460. The number of Topliss-reactive ketones (excluding diaryl/α,β-unsaturated/α-hetero) is 1. The minimum Gasteiger partial charge on any atom is -0.360 e. The Morgan fingerprint density at radius 2 is 1.77 bits per heavy atom. The maximum Gasteiger partial charge on any atom is 0.269 e. The lowest BCUT2D eigenvalue weighted by Gasteiger charge is -2.21. The van der Waals surface area contributed by atoms with Crippen molar-refractivity contribution in [3.05, 3.63) is 57.5 Å². The van der Waals surface area contributed by atoms with Gasteiger partial charge in [-0.15, -0.1) is 0 Å². The summed E-state index contributed by atoms with van der Waals surface area (Å²) >= 11 is 0. The van der Waals surface area contributed by atoms with Crippen LogP contribution in [-0.2, 0) is 0 Å². The van der Waals surface area contributed by atoms with Crippen molar-refractivity contribution in [1.29, 1.82) is 0 Å². The number of nitrogens with zero attached hydrogens (tertiary/aromatic N) is 2. The van der Waals surface area contributed by atoms with Gasteiger partial charge < -0.3 is 9.84 Å². The molecule has 0 spiro atoms. The van der Waals surface area contributed by atoms with E-state index in [4.69, 9.17) is 4.52 Å². The second-order valence-corrected chi connectivity index (χ2v) is 6.62. The molecule has 1 aromatic carbocycles. The highest BCUT2D eigenvalue weighted by Crippen LogP contribution is 2.20. The Labute approximate surface area is 150 Å². The van der Waals surface area contributed by atoms with Gasteiger partial charge in [0.15, 0.2) is 11.5 Å². The standard InChI is InChI=1S/C18H21N3O5/c1-10(2)15(16(22)12-5-7-13(8-6-12)21(24)25)20-18(23)14-9-19-26-17(14)11(3)4/h5-11,15H,1-4H3,(H,20,23). The minimum absolute atomic E-state index is 0.0267. The average molecular weight is 359 g/mol. The first kappa shape index (κ1) is 19.3. The van der Waals surface area contributed by atoms with Crippen molar-refractivity contribution in [1.82, 2.24) is 10.5 Å². The molecular formula is C18H21N3O5. The molecule has 1 atom stereocenters. The predicted molar refractivity (Wildman–Crippen MR) is 94.1 cm³/mol. The number of carbonyl (C=O) groups excluding carboxylic acids is 2. The first-order valence-corrected chi connectivity index (χ1v) is 8.26. The Hall–Kier alpha value is -3.03. The van der Waals surface area contributed by atoms with Crippen LogP contribution in [-0.4, -0.2) is 27.8 Å². The first-order chi connectivity index (χ1) is 12.2. The van der Waals surface area contributed by atoms with E-state index in [-0.39, 0.29) is 23.3 Å². The van der Waals surface area contributed by atoms with Gasteiger partial charge in [-0.3, -0.25) is 19.7 Å². The summed E-state index contributed by atoms with van der Waals surface area (Å²) in [5.41, 5.74) is 0.490. The van der Waals surface area contributed by atoms with Crippen LogP contribution in [0.2, 0.25) is 0 Å². The minimum atomic E-state index is -0.779. The fourth-order valence-electron chi connectivity index (χ4n) is 2.52. The van der Waals surface area contributed by atoms with Crippen LogP contribution in [0, 0.1) is 16.0 Å². The van der Waals surface area contributed by atoms with Crippen molar-refractivity contribution in [3.63, 3.8) is 0 Å². The van der Waals surface area contributed by atoms with Gasteiger partial charge in [0.05, 0.1) is 17.2 Å². The molecule has 1 heterocycles. The van der Waals surface area contributed by atoms with E-state index in [1.807, 2.05) is 27.7 Å². The zero-order chi connectivity index (χ0) is 19.4. The third-order valence-corrected chi connectivity index (χ3v) is 3.97. The molecule has 8 heteroatoms. The van der Waals surface area contributed by atoms with Gasteiger partial charge in [-0.05, 0) is 18.1 Å². The summed E-state index contributed by atoms with van der Waals surface area (Å²) in [6.07, 6.45) is 1.33. The third kappa shape index (κ3) is 4.14. The predicted octanol–water partition coefficient (Wildman–Crippen LogP) is 3.34. The van der Waals surface area contributed by atoms with Crippen molar-refractivity contribution in [2.75, 3.05) is 0 Å². The lowest BCUT2D eigenvalue weighted by molar-refractivity contribution is -0.384. The highest BCUT2D eigenvalue weighted by atomic mass is 16.6. The van der Waals surface area contributed by atoms with Crippen LogP contribution < -0.4 is 5.32 Å². The first-order valence-electron chi connectivity index (χ1n) is 8.26. The van der Waals surface area contributed by atoms with E-state index in [1.54, 1.807) is 0 Å². The summed E-state index contributed by atoms with van der Waals surface area (Å²) in [6, 6.07) is 4.54. The molecule has 1 aromatic heterocycles. The van der Waals surface area contributed by atoms with E-state index >= 15 is 0 Å². The summed E-state index contributed by atoms with van der Waals surface area (Å²) in [4.78, 5) is 35.5. The summed E-state index contributed by atoms with van der Waals surface area (Å²) in [5.74, 6) is -0.507. The van der Waals surface area contributed by atoms with Gasteiger partial charge in [-0.1, -0.05) is 32.9 Å². The maximum atomic E-state index is 12.8. The van der Waals surface area contributed by atoms with E-state index in [2.05, 4.69) is 10.5 Å². The Morgan fingerprint density at radius 1 is 1.15 bits per heavy atom. The zero-order valence-electron chi connectivity index (χ0n) is 15.1. The number of hydrogen-bond acceptors (Lipinski definition) is 6. The second kappa shape index (κ2) is 7.90. The van der Waals surface area contributed by atoms with Crippen LogP contribution in [0.15, 0.2) is 35.0 Å². The number of amides is 1. The summed E-state index contributed by atoms with van der Waals surface area (Å²) in [7, 11) is 0. The maximum absolute atomic E-state index is 12.8. The van der Waals surface area contributed by atoms with Crippen molar-refractivity contribution >= 4 is 17.4 Å². The SMILES string of the molecule is CC(C)c1oncc1C(=O)NC(C(=O)c1ccc([N+](=O)[O-])cc1)C(C)C. The van der Waals surface area contributed by atoms with E-state index in [9.17, 15) is 19.7 Å². The van der Waals surface area contributed by atoms with Gasteiger partial charge in [0.1, 0.15) is 5.56 Å². The lowest BCUT2D eigenvalue weighted by Crippen LogP contribution is -2.44. The molecule has 2 aromatic rings. The fourth-order valence-corrected chi connectivity index (χ4v) is 2.52. The normalized spacial score (nSPS) is 12.2. The van der Waals surface area contributed by atoms with E-state index in [0.29, 0.717) is 16.9 Å². The Morgan fingerprint density at radius 3 is 2.27 bits per heavy atom. The number of nitrogens with one attached hydrogen (secondary N) is 1. The second-order valence-electron chi connectivity index (χ2n) is 6.62. The van der Waals surface area contributed by atoms with Gasteiger partial charge >= 0.3 is 0 Å². The number of aromatic nitrogens is 1. The van der Waals surface area contributed by atoms with Crippen LogP contribution in [0.3, 0.4) is 0 Å². The number of ketones is 1. The molecule has 0 aliphatic rings. The van der Waals surface area contributed by atoms with E-state index < -0.39 is 16.9 Å². The molecule has 0 saturated carbocycles. The monoisotopic (exact) mass is 359 g/mol. The fraction of sp³-hybridized carbons (Fsp3) is 0.389. The third-order valence-electron chi connectivity index (χ3n) is 3.97. The summed E-state index contributed by atoms with van der Waals surface area (Å²) < 4.78 is 5.11. The molecular weight excluding hydrogens is 338 g/mol. The molecule has 0 bridgehead atoms. The summed E-state index contributed by atoms with van der Waals surface area (Å²) in [6.45, 7) is 7.37. The highest BCUT2D eigenvalue weighted by molar-refractivity contribution is 6.04. The number of carbonyl (C=O) groups is 2. The van der Waals surface area contributed by atoms with Gasteiger partial charge in [0, 0.05) is 23.6 Å². The largest absolute Gasteiger partial charge is 0.360 e. The average Bonchev–Trinajstić information content (AvgIpc) is 3.09. The van der Waals surface area contributed by atoms with Crippen molar-refractivity contribution in [3.8, 4) is 0 Å². The topological polar surface area (TPSA) is 115 Å². The van der Waals surface area contributed by atoms with Gasteiger partial charge in [-0.25, -0.2) is 0 Å². The number of rotatable bonds is 7. The Bertz CT molecular complexity index is 808. The molecule has 138 valence electrons. The number of nitro benzene ring substituents is 1. The zero-order valence-corrected chi connectivity index (χ0v) is 15.1. The molecule has 0 saturated heterocycles. The molecule has 0 fully saturated rings. The number of nitro groups is 1. The molecule has 1 amide bonds. The highest BCUT2D eigenvalue weighted by Gasteiger charge is 2.28. The van der Waals surface area contributed by atoms with Crippen LogP contribution in [0.5, 0.6) is 0 Å². The van der Waals surface area contributed by atoms with Crippen molar-refractivity contribution < 1.29 is 19.0 Å². The Balaban J connectivity index is 2.22. The molecule has 0 aliphatic carbocycles. The van der Waals surface area contributed by atoms with Gasteiger partial charge in [-0.2, -0.15) is 0 Å². The molecule has 2 rings (SSSR count). The van der Waals surface area contributed by atoms with Crippen molar-refractivity contribution in [2.24, 2.45) is 5.92 Å². The molecule has 8 nitrogen and oxygen atoms in total. The number of non-ortho nitro benzene ring substituents is 1.